The lowest BCUT2D eigenvalue weighted by Crippen LogP contribution is -2.30. The number of hydrogen-bond acceptors (Lipinski definition) is 6. The van der Waals surface area contributed by atoms with Gasteiger partial charge in [-0.25, -0.2) is 13.2 Å². The second kappa shape index (κ2) is 9.97. The van der Waals surface area contributed by atoms with Gasteiger partial charge in [0.05, 0.1) is 29.8 Å². The van der Waals surface area contributed by atoms with Gasteiger partial charge in [-0.2, -0.15) is 0 Å². The first-order valence-corrected chi connectivity index (χ1v) is 11.0. The molecule has 0 heterocycles. The number of amides is 1. The fraction of sp³-hybridized carbons (Fsp3) is 0.130. The molecule has 0 aliphatic heterocycles. The third kappa shape index (κ3) is 5.44. The standard InChI is InChI=1S/C23H22N2O6S/c1-30-20-12-10-19(11-13-20)25(15-17-6-3-2-4-7-17)32(28,29)21-9-5-8-18(14-21)23(27)31-16-22(24)26/h2-14H,15-16H2,1H3,(H2,24,26). The number of sulfonamides is 1. The van der Waals surface area contributed by atoms with Crippen molar-refractivity contribution in [1.82, 2.24) is 0 Å². The van der Waals surface area contributed by atoms with Gasteiger partial charge in [-0.1, -0.05) is 36.4 Å². The van der Waals surface area contributed by atoms with Crippen molar-refractivity contribution in [2.45, 2.75) is 11.4 Å². The highest BCUT2D eigenvalue weighted by Gasteiger charge is 2.26. The summed E-state index contributed by atoms with van der Waals surface area (Å²) < 4.78 is 38.4. The van der Waals surface area contributed by atoms with Crippen LogP contribution in [0.5, 0.6) is 5.75 Å². The number of nitrogens with zero attached hydrogens (tertiary/aromatic N) is 1. The number of methoxy groups -OCH3 is 1. The lowest BCUT2D eigenvalue weighted by atomic mass is 10.2. The van der Waals surface area contributed by atoms with E-state index in [2.05, 4.69) is 0 Å². The molecule has 3 rings (SSSR count). The van der Waals surface area contributed by atoms with E-state index in [1.807, 2.05) is 30.3 Å². The predicted molar refractivity (Wildman–Crippen MR) is 119 cm³/mol. The Morgan fingerprint density at radius 3 is 2.25 bits per heavy atom. The average molecular weight is 455 g/mol. The van der Waals surface area contributed by atoms with Crippen LogP contribution in [0.25, 0.3) is 0 Å². The van der Waals surface area contributed by atoms with Gasteiger partial charge in [0.25, 0.3) is 15.9 Å². The van der Waals surface area contributed by atoms with Gasteiger partial charge in [-0.05, 0) is 48.0 Å². The number of primary amides is 1. The van der Waals surface area contributed by atoms with Gasteiger partial charge in [0.15, 0.2) is 6.61 Å². The summed E-state index contributed by atoms with van der Waals surface area (Å²) in [6.45, 7) is -0.520. The van der Waals surface area contributed by atoms with Crippen molar-refractivity contribution in [1.29, 1.82) is 0 Å². The minimum Gasteiger partial charge on any atom is -0.497 e. The molecule has 0 aromatic heterocycles. The summed E-state index contributed by atoms with van der Waals surface area (Å²) in [6, 6.07) is 21.2. The van der Waals surface area contributed by atoms with E-state index in [0.29, 0.717) is 11.4 Å². The minimum absolute atomic E-state index is 0.0123. The SMILES string of the molecule is COc1ccc(N(Cc2ccccc2)S(=O)(=O)c2cccc(C(=O)OCC(N)=O)c2)cc1. The molecule has 166 valence electrons. The van der Waals surface area contributed by atoms with Crippen LogP contribution in [0.4, 0.5) is 5.69 Å². The third-order valence-corrected chi connectivity index (χ3v) is 6.30. The van der Waals surface area contributed by atoms with Crippen molar-refractivity contribution in [2.75, 3.05) is 18.0 Å². The Kier molecular flexibility index (Phi) is 7.11. The number of benzene rings is 3. The molecule has 9 heteroatoms. The zero-order valence-electron chi connectivity index (χ0n) is 17.3. The lowest BCUT2D eigenvalue weighted by molar-refractivity contribution is -0.121. The molecule has 0 atom stereocenters. The van der Waals surface area contributed by atoms with Crippen LogP contribution in [-0.2, 0) is 26.1 Å². The van der Waals surface area contributed by atoms with Crippen LogP contribution in [0.1, 0.15) is 15.9 Å². The largest absolute Gasteiger partial charge is 0.497 e. The summed E-state index contributed by atoms with van der Waals surface area (Å²) in [5, 5.41) is 0. The van der Waals surface area contributed by atoms with Crippen molar-refractivity contribution >= 4 is 27.6 Å². The Bertz CT molecular complexity index is 1190. The van der Waals surface area contributed by atoms with E-state index in [1.165, 1.54) is 35.7 Å². The van der Waals surface area contributed by atoms with E-state index >= 15 is 0 Å². The maximum atomic E-state index is 13.6. The topological polar surface area (TPSA) is 116 Å². The Labute approximate surface area is 186 Å². The second-order valence-electron chi connectivity index (χ2n) is 6.77. The Morgan fingerprint density at radius 1 is 0.938 bits per heavy atom. The molecule has 2 N–H and O–H groups in total. The van der Waals surface area contributed by atoms with Crippen LogP contribution in [0.15, 0.2) is 83.8 Å². The van der Waals surface area contributed by atoms with Crippen LogP contribution < -0.4 is 14.8 Å². The summed E-state index contributed by atoms with van der Waals surface area (Å²) in [5.74, 6) is -1.07. The van der Waals surface area contributed by atoms with Crippen LogP contribution >= 0.6 is 0 Å². The Balaban J connectivity index is 2.00. The zero-order valence-corrected chi connectivity index (χ0v) is 18.1. The van der Waals surface area contributed by atoms with Crippen LogP contribution in [0, 0.1) is 0 Å². The monoisotopic (exact) mass is 454 g/mol. The molecule has 0 saturated heterocycles. The summed E-state index contributed by atoms with van der Waals surface area (Å²) in [7, 11) is -2.54. The molecule has 0 saturated carbocycles. The van der Waals surface area contributed by atoms with Gasteiger partial charge in [0, 0.05) is 0 Å². The number of esters is 1. The van der Waals surface area contributed by atoms with Gasteiger partial charge in [-0.15, -0.1) is 0 Å². The quantitative estimate of drug-likeness (QED) is 0.497. The van der Waals surface area contributed by atoms with Gasteiger partial charge < -0.3 is 15.2 Å². The van der Waals surface area contributed by atoms with Crippen LogP contribution in [-0.4, -0.2) is 34.0 Å². The number of hydrogen-bond donors (Lipinski definition) is 1. The van der Waals surface area contributed by atoms with Crippen LogP contribution in [0.2, 0.25) is 0 Å². The number of nitrogens with two attached hydrogens (primary N) is 1. The summed E-state index contributed by atoms with van der Waals surface area (Å²) in [4.78, 5) is 22.9. The van der Waals surface area contributed by atoms with Crippen molar-refractivity contribution in [3.63, 3.8) is 0 Å². The maximum absolute atomic E-state index is 13.6. The predicted octanol–water partition coefficient (Wildman–Crippen LogP) is 2.73. The minimum atomic E-state index is -4.07. The maximum Gasteiger partial charge on any atom is 0.338 e. The van der Waals surface area contributed by atoms with E-state index in [9.17, 15) is 18.0 Å². The number of rotatable bonds is 9. The van der Waals surface area contributed by atoms with Crippen molar-refractivity contribution in [3.8, 4) is 5.75 Å². The Hall–Kier alpha value is -3.85. The van der Waals surface area contributed by atoms with E-state index in [0.717, 1.165) is 5.56 Å². The summed E-state index contributed by atoms with van der Waals surface area (Å²) in [6.07, 6.45) is 0. The molecule has 0 aliphatic carbocycles. The van der Waals surface area contributed by atoms with Crippen molar-refractivity contribution in [3.05, 3.63) is 90.0 Å². The van der Waals surface area contributed by atoms with Crippen molar-refractivity contribution in [2.24, 2.45) is 5.73 Å². The molecule has 8 nitrogen and oxygen atoms in total. The molecule has 32 heavy (non-hydrogen) atoms. The zero-order chi connectivity index (χ0) is 23.1. The normalized spacial score (nSPS) is 10.9. The molecule has 1 amide bonds. The Morgan fingerprint density at radius 2 is 1.62 bits per heavy atom. The molecule has 0 spiro atoms. The number of carbonyl (C=O) groups is 2. The fourth-order valence-electron chi connectivity index (χ4n) is 2.94. The van der Waals surface area contributed by atoms with Gasteiger partial charge in [0.1, 0.15) is 5.75 Å². The van der Waals surface area contributed by atoms with Gasteiger partial charge >= 0.3 is 5.97 Å². The van der Waals surface area contributed by atoms with E-state index in [-0.39, 0.29) is 17.0 Å². The molecule has 0 unspecified atom stereocenters. The lowest BCUT2D eigenvalue weighted by Gasteiger charge is -2.25. The number of anilines is 1. The van der Waals surface area contributed by atoms with E-state index < -0.39 is 28.5 Å². The molecular weight excluding hydrogens is 432 g/mol. The number of carbonyl (C=O) groups excluding carboxylic acids is 2. The average Bonchev–Trinajstić information content (AvgIpc) is 2.81. The first-order valence-electron chi connectivity index (χ1n) is 9.57. The number of ether oxygens (including phenoxy) is 2. The molecule has 0 radical (unpaired) electrons. The molecule has 3 aromatic rings. The van der Waals surface area contributed by atoms with E-state index in [1.54, 1.807) is 24.3 Å². The highest BCUT2D eigenvalue weighted by Crippen LogP contribution is 2.28. The summed E-state index contributed by atoms with van der Waals surface area (Å²) in [5.41, 5.74) is 6.18. The smallest absolute Gasteiger partial charge is 0.338 e. The van der Waals surface area contributed by atoms with Gasteiger partial charge in [-0.3, -0.25) is 9.10 Å². The fourth-order valence-corrected chi connectivity index (χ4v) is 4.44. The molecule has 3 aromatic carbocycles. The van der Waals surface area contributed by atoms with Gasteiger partial charge in [0.2, 0.25) is 0 Å². The van der Waals surface area contributed by atoms with E-state index in [4.69, 9.17) is 15.2 Å². The van der Waals surface area contributed by atoms with Crippen LogP contribution in [0.3, 0.4) is 0 Å². The third-order valence-electron chi connectivity index (χ3n) is 4.53. The molecular formula is C23H22N2O6S. The molecule has 0 fully saturated rings. The van der Waals surface area contributed by atoms with Crippen molar-refractivity contribution < 1.29 is 27.5 Å². The first kappa shape index (κ1) is 22.8. The molecule has 0 aliphatic rings. The highest BCUT2D eigenvalue weighted by molar-refractivity contribution is 7.92. The molecule has 0 bridgehead atoms. The second-order valence-corrected chi connectivity index (χ2v) is 8.63. The first-order chi connectivity index (χ1) is 15.3. The summed E-state index contributed by atoms with van der Waals surface area (Å²) >= 11 is 0. The highest BCUT2D eigenvalue weighted by atomic mass is 32.2.